The molecule has 0 fully saturated rings. The van der Waals surface area contributed by atoms with Crippen molar-refractivity contribution in [3.05, 3.63) is 53.0 Å². The maximum Gasteiger partial charge on any atom is 0.308 e. The third-order valence-corrected chi connectivity index (χ3v) is 3.36. The van der Waals surface area contributed by atoms with E-state index in [9.17, 15) is 4.79 Å². The SMILES string of the molecule is COC(=O)CCOc1ccc(-c2ccc(Br)cc2)cc1. The van der Waals surface area contributed by atoms with Crippen LogP contribution in [0.15, 0.2) is 53.0 Å². The van der Waals surface area contributed by atoms with Crippen LogP contribution in [0.2, 0.25) is 0 Å². The minimum atomic E-state index is -0.267. The average molecular weight is 335 g/mol. The monoisotopic (exact) mass is 334 g/mol. The fraction of sp³-hybridized carbons (Fsp3) is 0.188. The van der Waals surface area contributed by atoms with E-state index >= 15 is 0 Å². The van der Waals surface area contributed by atoms with Crippen molar-refractivity contribution < 1.29 is 14.3 Å². The first-order valence-electron chi connectivity index (χ1n) is 6.24. The Labute approximate surface area is 126 Å². The third kappa shape index (κ3) is 4.10. The molecule has 3 nitrogen and oxygen atoms in total. The molecule has 0 saturated carbocycles. The number of benzene rings is 2. The largest absolute Gasteiger partial charge is 0.493 e. The quantitative estimate of drug-likeness (QED) is 0.773. The molecule has 0 atom stereocenters. The molecule has 0 heterocycles. The second-order valence-electron chi connectivity index (χ2n) is 4.21. The summed E-state index contributed by atoms with van der Waals surface area (Å²) >= 11 is 3.42. The molecule has 0 radical (unpaired) electrons. The van der Waals surface area contributed by atoms with Gasteiger partial charge in [0.1, 0.15) is 5.75 Å². The van der Waals surface area contributed by atoms with Gasteiger partial charge in [0, 0.05) is 4.47 Å². The topological polar surface area (TPSA) is 35.5 Å². The van der Waals surface area contributed by atoms with E-state index in [0.29, 0.717) is 6.61 Å². The number of hydrogen-bond donors (Lipinski definition) is 0. The molecule has 0 aliphatic heterocycles. The fourth-order valence-corrected chi connectivity index (χ4v) is 2.00. The van der Waals surface area contributed by atoms with Gasteiger partial charge in [0.2, 0.25) is 0 Å². The fourth-order valence-electron chi connectivity index (χ4n) is 1.74. The maximum atomic E-state index is 11.0. The molecular weight excluding hydrogens is 320 g/mol. The number of ether oxygens (including phenoxy) is 2. The summed E-state index contributed by atoms with van der Waals surface area (Å²) in [6.45, 7) is 0.324. The molecule has 0 unspecified atom stereocenters. The average Bonchev–Trinajstić information content (AvgIpc) is 2.48. The Morgan fingerprint density at radius 2 is 1.55 bits per heavy atom. The highest BCUT2D eigenvalue weighted by Gasteiger charge is 2.02. The van der Waals surface area contributed by atoms with E-state index in [1.165, 1.54) is 7.11 Å². The standard InChI is InChI=1S/C16H15BrO3/c1-19-16(18)10-11-20-15-8-4-13(5-9-15)12-2-6-14(17)7-3-12/h2-9H,10-11H2,1H3. The van der Waals surface area contributed by atoms with E-state index in [4.69, 9.17) is 4.74 Å². The van der Waals surface area contributed by atoms with Crippen molar-refractivity contribution in [2.24, 2.45) is 0 Å². The minimum Gasteiger partial charge on any atom is -0.493 e. The maximum absolute atomic E-state index is 11.0. The lowest BCUT2D eigenvalue weighted by Gasteiger charge is -2.07. The first-order chi connectivity index (χ1) is 9.69. The molecule has 0 saturated heterocycles. The highest BCUT2D eigenvalue weighted by molar-refractivity contribution is 9.10. The minimum absolute atomic E-state index is 0.255. The van der Waals surface area contributed by atoms with E-state index in [1.54, 1.807) is 0 Å². The highest BCUT2D eigenvalue weighted by atomic mass is 79.9. The van der Waals surface area contributed by atoms with Crippen molar-refractivity contribution in [2.45, 2.75) is 6.42 Å². The Morgan fingerprint density at radius 1 is 1.00 bits per heavy atom. The Balaban J connectivity index is 1.96. The summed E-state index contributed by atoms with van der Waals surface area (Å²) in [5.41, 5.74) is 2.27. The van der Waals surface area contributed by atoms with Gasteiger partial charge in [-0.25, -0.2) is 0 Å². The van der Waals surface area contributed by atoms with Gasteiger partial charge in [-0.3, -0.25) is 4.79 Å². The molecule has 2 aromatic carbocycles. The lowest BCUT2D eigenvalue weighted by Crippen LogP contribution is -2.07. The number of hydrogen-bond acceptors (Lipinski definition) is 3. The summed E-state index contributed by atoms with van der Waals surface area (Å²) < 4.78 is 11.1. The van der Waals surface area contributed by atoms with Gasteiger partial charge in [0.25, 0.3) is 0 Å². The van der Waals surface area contributed by atoms with E-state index in [0.717, 1.165) is 21.3 Å². The zero-order valence-electron chi connectivity index (χ0n) is 11.1. The van der Waals surface area contributed by atoms with Crippen LogP contribution in [-0.2, 0) is 9.53 Å². The molecule has 0 spiro atoms. The van der Waals surface area contributed by atoms with Gasteiger partial charge in [-0.1, -0.05) is 40.2 Å². The van der Waals surface area contributed by atoms with Crippen LogP contribution in [0.3, 0.4) is 0 Å². The summed E-state index contributed by atoms with van der Waals surface area (Å²) in [4.78, 5) is 11.0. The molecule has 2 aromatic rings. The smallest absolute Gasteiger partial charge is 0.308 e. The van der Waals surface area contributed by atoms with Crippen molar-refractivity contribution >= 4 is 21.9 Å². The molecule has 0 bridgehead atoms. The zero-order valence-corrected chi connectivity index (χ0v) is 12.7. The van der Waals surface area contributed by atoms with Crippen LogP contribution in [0.1, 0.15) is 6.42 Å². The van der Waals surface area contributed by atoms with Crippen LogP contribution in [0.5, 0.6) is 5.75 Å². The second kappa shape index (κ2) is 7.10. The molecule has 2 rings (SSSR count). The second-order valence-corrected chi connectivity index (χ2v) is 5.12. The van der Waals surface area contributed by atoms with Gasteiger partial charge in [-0.15, -0.1) is 0 Å². The van der Waals surface area contributed by atoms with E-state index in [1.807, 2.05) is 36.4 Å². The number of halogens is 1. The third-order valence-electron chi connectivity index (χ3n) is 2.83. The van der Waals surface area contributed by atoms with Gasteiger partial charge < -0.3 is 9.47 Å². The predicted octanol–water partition coefficient (Wildman–Crippen LogP) is 4.06. The molecule has 4 heteroatoms. The lowest BCUT2D eigenvalue weighted by molar-refractivity contribution is -0.141. The van der Waals surface area contributed by atoms with Crippen LogP contribution >= 0.6 is 15.9 Å². The molecule has 20 heavy (non-hydrogen) atoms. The summed E-state index contributed by atoms with van der Waals surface area (Å²) in [6.07, 6.45) is 0.255. The van der Waals surface area contributed by atoms with Crippen LogP contribution in [-0.4, -0.2) is 19.7 Å². The molecule has 0 amide bonds. The van der Waals surface area contributed by atoms with Gasteiger partial charge in [-0.2, -0.15) is 0 Å². The Kier molecular flexibility index (Phi) is 5.18. The molecule has 104 valence electrons. The number of rotatable bonds is 5. The highest BCUT2D eigenvalue weighted by Crippen LogP contribution is 2.24. The number of methoxy groups -OCH3 is 1. The van der Waals surface area contributed by atoms with Gasteiger partial charge >= 0.3 is 5.97 Å². The van der Waals surface area contributed by atoms with Crippen molar-refractivity contribution in [1.82, 2.24) is 0 Å². The molecule has 0 aliphatic rings. The lowest BCUT2D eigenvalue weighted by atomic mass is 10.1. The summed E-state index contributed by atoms with van der Waals surface area (Å²) in [5, 5.41) is 0. The Hall–Kier alpha value is -1.81. The number of esters is 1. The normalized spacial score (nSPS) is 10.1. The van der Waals surface area contributed by atoms with Gasteiger partial charge in [0.15, 0.2) is 0 Å². The van der Waals surface area contributed by atoms with Crippen LogP contribution in [0.25, 0.3) is 11.1 Å². The molecule has 0 N–H and O–H groups in total. The summed E-state index contributed by atoms with van der Waals surface area (Å²) in [5.74, 6) is 0.478. The number of carbonyl (C=O) groups excluding carboxylic acids is 1. The summed E-state index contributed by atoms with van der Waals surface area (Å²) in [6, 6.07) is 15.9. The Bertz CT molecular complexity index is 561. The van der Waals surface area contributed by atoms with Crippen molar-refractivity contribution in [2.75, 3.05) is 13.7 Å². The predicted molar refractivity (Wildman–Crippen MR) is 81.7 cm³/mol. The number of carbonyl (C=O) groups is 1. The van der Waals surface area contributed by atoms with Crippen LogP contribution in [0.4, 0.5) is 0 Å². The van der Waals surface area contributed by atoms with Crippen LogP contribution < -0.4 is 4.74 Å². The van der Waals surface area contributed by atoms with E-state index in [2.05, 4.69) is 32.8 Å². The first kappa shape index (κ1) is 14.6. The van der Waals surface area contributed by atoms with Gasteiger partial charge in [0.05, 0.1) is 20.1 Å². The van der Waals surface area contributed by atoms with Crippen molar-refractivity contribution in [3.63, 3.8) is 0 Å². The molecule has 0 aromatic heterocycles. The summed E-state index contributed by atoms with van der Waals surface area (Å²) in [7, 11) is 1.37. The first-order valence-corrected chi connectivity index (χ1v) is 7.04. The molecular formula is C16H15BrO3. The van der Waals surface area contributed by atoms with E-state index < -0.39 is 0 Å². The molecule has 0 aliphatic carbocycles. The van der Waals surface area contributed by atoms with Crippen molar-refractivity contribution in [3.8, 4) is 16.9 Å². The van der Waals surface area contributed by atoms with Crippen molar-refractivity contribution in [1.29, 1.82) is 0 Å². The van der Waals surface area contributed by atoms with Crippen LogP contribution in [0, 0.1) is 0 Å². The van der Waals surface area contributed by atoms with E-state index in [-0.39, 0.29) is 12.4 Å². The van der Waals surface area contributed by atoms with Gasteiger partial charge in [-0.05, 0) is 35.4 Å². The zero-order chi connectivity index (χ0) is 14.4. The Morgan fingerprint density at radius 3 is 2.10 bits per heavy atom.